The Morgan fingerprint density at radius 2 is 2.11 bits per heavy atom. The van der Waals surface area contributed by atoms with E-state index in [4.69, 9.17) is 5.73 Å². The molecule has 18 heavy (non-hydrogen) atoms. The first-order valence-corrected chi connectivity index (χ1v) is 6.66. The van der Waals surface area contributed by atoms with Crippen LogP contribution in [0.4, 0.5) is 11.8 Å². The standard InChI is InChI=1S/C13H23N5/c1-17(2)13-15-8-4-12(16-13)18-9-5-11(3-7-14)6-10-18/h4,8,11H,3,5-7,9-10,14H2,1-2H3. The van der Waals surface area contributed by atoms with Crippen molar-refractivity contribution in [1.82, 2.24) is 9.97 Å². The Labute approximate surface area is 109 Å². The lowest BCUT2D eigenvalue weighted by atomic mass is 9.94. The third kappa shape index (κ3) is 3.10. The molecule has 1 saturated heterocycles. The highest BCUT2D eigenvalue weighted by atomic mass is 15.3. The minimum atomic E-state index is 0.775. The van der Waals surface area contributed by atoms with Gasteiger partial charge in [-0.15, -0.1) is 0 Å². The van der Waals surface area contributed by atoms with Crippen LogP contribution >= 0.6 is 0 Å². The molecule has 1 aromatic heterocycles. The van der Waals surface area contributed by atoms with E-state index in [1.165, 1.54) is 12.8 Å². The lowest BCUT2D eigenvalue weighted by Gasteiger charge is -2.32. The van der Waals surface area contributed by atoms with Crippen LogP contribution in [0.3, 0.4) is 0 Å². The summed E-state index contributed by atoms with van der Waals surface area (Å²) in [4.78, 5) is 13.1. The van der Waals surface area contributed by atoms with E-state index in [-0.39, 0.29) is 0 Å². The highest BCUT2D eigenvalue weighted by Gasteiger charge is 2.19. The number of nitrogens with zero attached hydrogens (tertiary/aromatic N) is 4. The van der Waals surface area contributed by atoms with Crippen molar-refractivity contribution >= 4 is 11.8 Å². The summed E-state index contributed by atoms with van der Waals surface area (Å²) >= 11 is 0. The highest BCUT2D eigenvalue weighted by molar-refractivity contribution is 5.43. The molecule has 0 aromatic carbocycles. The van der Waals surface area contributed by atoms with Crippen LogP contribution in [-0.4, -0.2) is 43.7 Å². The predicted molar refractivity (Wildman–Crippen MR) is 75.0 cm³/mol. The Balaban J connectivity index is 1.98. The van der Waals surface area contributed by atoms with Gasteiger partial charge in [-0.1, -0.05) is 0 Å². The SMILES string of the molecule is CN(C)c1nccc(N2CCC(CCN)CC2)n1. The number of nitrogens with two attached hydrogens (primary N) is 1. The lowest BCUT2D eigenvalue weighted by molar-refractivity contribution is 0.385. The summed E-state index contributed by atoms with van der Waals surface area (Å²) in [6, 6.07) is 2.00. The van der Waals surface area contributed by atoms with Gasteiger partial charge in [0, 0.05) is 33.4 Å². The van der Waals surface area contributed by atoms with Crippen molar-refractivity contribution in [2.75, 3.05) is 43.5 Å². The van der Waals surface area contributed by atoms with E-state index in [0.29, 0.717) is 0 Å². The van der Waals surface area contributed by atoms with Crippen LogP contribution in [0.2, 0.25) is 0 Å². The highest BCUT2D eigenvalue weighted by Crippen LogP contribution is 2.24. The number of hydrogen-bond donors (Lipinski definition) is 1. The van der Waals surface area contributed by atoms with Gasteiger partial charge in [-0.2, -0.15) is 4.98 Å². The number of hydrogen-bond acceptors (Lipinski definition) is 5. The number of rotatable bonds is 4. The Kier molecular flexibility index (Phi) is 4.36. The van der Waals surface area contributed by atoms with Gasteiger partial charge >= 0.3 is 0 Å². The van der Waals surface area contributed by atoms with E-state index in [9.17, 15) is 0 Å². The summed E-state index contributed by atoms with van der Waals surface area (Å²) in [5.41, 5.74) is 5.62. The average Bonchev–Trinajstić information content (AvgIpc) is 2.40. The van der Waals surface area contributed by atoms with Gasteiger partial charge in [0.05, 0.1) is 0 Å². The van der Waals surface area contributed by atoms with Gasteiger partial charge in [0.25, 0.3) is 0 Å². The molecule has 0 radical (unpaired) electrons. The molecule has 1 aliphatic rings. The predicted octanol–water partition coefficient (Wildman–Crippen LogP) is 1.11. The van der Waals surface area contributed by atoms with E-state index in [0.717, 1.165) is 43.7 Å². The second-order valence-corrected chi connectivity index (χ2v) is 5.12. The fraction of sp³-hybridized carbons (Fsp3) is 0.692. The molecule has 1 fully saturated rings. The second-order valence-electron chi connectivity index (χ2n) is 5.12. The maximum atomic E-state index is 5.62. The van der Waals surface area contributed by atoms with Crippen molar-refractivity contribution < 1.29 is 0 Å². The Morgan fingerprint density at radius 3 is 2.72 bits per heavy atom. The molecule has 1 aromatic rings. The minimum absolute atomic E-state index is 0.775. The molecule has 2 rings (SSSR count). The molecule has 0 amide bonds. The fourth-order valence-electron chi connectivity index (χ4n) is 2.42. The van der Waals surface area contributed by atoms with Crippen molar-refractivity contribution in [3.63, 3.8) is 0 Å². The third-order valence-electron chi connectivity index (χ3n) is 3.54. The van der Waals surface area contributed by atoms with Crippen molar-refractivity contribution in [1.29, 1.82) is 0 Å². The largest absolute Gasteiger partial charge is 0.356 e. The number of piperidine rings is 1. The maximum absolute atomic E-state index is 5.62. The molecule has 2 N–H and O–H groups in total. The minimum Gasteiger partial charge on any atom is -0.356 e. The Hall–Kier alpha value is -1.36. The molecule has 0 saturated carbocycles. The summed E-state index contributed by atoms with van der Waals surface area (Å²) in [6.45, 7) is 2.96. The van der Waals surface area contributed by atoms with E-state index in [1.54, 1.807) is 0 Å². The average molecular weight is 249 g/mol. The first kappa shape index (κ1) is 13.1. The lowest BCUT2D eigenvalue weighted by Crippen LogP contribution is -2.35. The number of anilines is 2. The Bertz CT molecular complexity index is 371. The fourth-order valence-corrected chi connectivity index (χ4v) is 2.42. The molecule has 0 bridgehead atoms. The Morgan fingerprint density at radius 1 is 1.39 bits per heavy atom. The molecule has 5 heteroatoms. The van der Waals surface area contributed by atoms with Crippen LogP contribution in [0.5, 0.6) is 0 Å². The van der Waals surface area contributed by atoms with Gasteiger partial charge < -0.3 is 15.5 Å². The van der Waals surface area contributed by atoms with Crippen molar-refractivity contribution in [2.24, 2.45) is 11.7 Å². The molecule has 5 nitrogen and oxygen atoms in total. The van der Waals surface area contributed by atoms with Crippen molar-refractivity contribution in [3.8, 4) is 0 Å². The van der Waals surface area contributed by atoms with Crippen LogP contribution in [0.25, 0.3) is 0 Å². The first-order chi connectivity index (χ1) is 8.70. The second kappa shape index (κ2) is 6.00. The topological polar surface area (TPSA) is 58.3 Å². The van der Waals surface area contributed by atoms with Crippen LogP contribution in [0, 0.1) is 5.92 Å². The summed E-state index contributed by atoms with van der Waals surface area (Å²) in [5, 5.41) is 0. The molecular formula is C13H23N5. The molecule has 0 aliphatic carbocycles. The summed E-state index contributed by atoms with van der Waals surface area (Å²) in [6.07, 6.45) is 5.43. The summed E-state index contributed by atoms with van der Waals surface area (Å²) in [7, 11) is 3.93. The summed E-state index contributed by atoms with van der Waals surface area (Å²) in [5.74, 6) is 2.61. The van der Waals surface area contributed by atoms with Crippen molar-refractivity contribution in [2.45, 2.75) is 19.3 Å². The van der Waals surface area contributed by atoms with Gasteiger partial charge in [-0.25, -0.2) is 4.98 Å². The van der Waals surface area contributed by atoms with Gasteiger partial charge in [0.2, 0.25) is 5.95 Å². The molecule has 0 spiro atoms. The number of aromatic nitrogens is 2. The summed E-state index contributed by atoms with van der Waals surface area (Å²) < 4.78 is 0. The zero-order valence-corrected chi connectivity index (χ0v) is 11.3. The zero-order chi connectivity index (χ0) is 13.0. The van der Waals surface area contributed by atoms with Crippen LogP contribution in [-0.2, 0) is 0 Å². The van der Waals surface area contributed by atoms with Gasteiger partial charge in [0.15, 0.2) is 0 Å². The normalized spacial score (nSPS) is 16.9. The molecule has 0 atom stereocenters. The van der Waals surface area contributed by atoms with E-state index in [2.05, 4.69) is 14.9 Å². The smallest absolute Gasteiger partial charge is 0.226 e. The molecule has 0 unspecified atom stereocenters. The first-order valence-electron chi connectivity index (χ1n) is 6.66. The zero-order valence-electron chi connectivity index (χ0n) is 11.3. The van der Waals surface area contributed by atoms with Gasteiger partial charge in [-0.05, 0) is 37.8 Å². The van der Waals surface area contributed by atoms with E-state index in [1.807, 2.05) is 31.3 Å². The van der Waals surface area contributed by atoms with Crippen LogP contribution in [0.1, 0.15) is 19.3 Å². The monoisotopic (exact) mass is 249 g/mol. The van der Waals surface area contributed by atoms with Crippen LogP contribution < -0.4 is 15.5 Å². The van der Waals surface area contributed by atoms with Crippen LogP contribution in [0.15, 0.2) is 12.3 Å². The molecule has 100 valence electrons. The van der Waals surface area contributed by atoms with Gasteiger partial charge in [0.1, 0.15) is 5.82 Å². The van der Waals surface area contributed by atoms with Crippen molar-refractivity contribution in [3.05, 3.63) is 12.3 Å². The van der Waals surface area contributed by atoms with E-state index < -0.39 is 0 Å². The van der Waals surface area contributed by atoms with E-state index >= 15 is 0 Å². The van der Waals surface area contributed by atoms with Gasteiger partial charge in [-0.3, -0.25) is 0 Å². The molecule has 2 heterocycles. The quantitative estimate of drug-likeness (QED) is 0.866. The maximum Gasteiger partial charge on any atom is 0.226 e. The third-order valence-corrected chi connectivity index (χ3v) is 3.54. The molecular weight excluding hydrogens is 226 g/mol. The molecule has 1 aliphatic heterocycles.